The number of rotatable bonds is 4. The molecule has 0 aromatic carbocycles. The molecule has 1 unspecified atom stereocenters. The highest BCUT2D eigenvalue weighted by Gasteiger charge is 2.18. The van der Waals surface area contributed by atoms with E-state index in [-0.39, 0.29) is 0 Å². The summed E-state index contributed by atoms with van der Waals surface area (Å²) in [5, 5.41) is 14.2. The molecular weight excluding hydrogens is 262 g/mol. The maximum absolute atomic E-state index is 10.3. The number of aryl methyl sites for hydroxylation is 2. The molecule has 1 atom stereocenters. The van der Waals surface area contributed by atoms with Crippen LogP contribution in [0.4, 0.5) is 0 Å². The average Bonchev–Trinajstić information content (AvgIpc) is 2.80. The topological polar surface area (TPSA) is 68.1 Å². The van der Waals surface area contributed by atoms with Crippen LogP contribution >= 0.6 is 11.5 Å². The van der Waals surface area contributed by atoms with Crippen molar-refractivity contribution in [3.8, 4) is 5.75 Å². The zero-order valence-corrected chi connectivity index (χ0v) is 12.3. The molecule has 0 bridgehead atoms. The molecular formula is C13H17N3O2S. The summed E-state index contributed by atoms with van der Waals surface area (Å²) in [7, 11) is 1.65. The lowest BCUT2D eigenvalue weighted by molar-refractivity contribution is 0.179. The molecule has 102 valence electrons. The Labute approximate surface area is 116 Å². The Kier molecular flexibility index (Phi) is 4.11. The molecule has 6 heteroatoms. The number of aliphatic hydroxyl groups excluding tert-OH is 1. The maximum Gasteiger partial charge on any atom is 0.128 e. The van der Waals surface area contributed by atoms with Gasteiger partial charge in [0.05, 0.1) is 23.8 Å². The largest absolute Gasteiger partial charge is 0.496 e. The van der Waals surface area contributed by atoms with Crippen LogP contribution in [0.3, 0.4) is 0 Å². The van der Waals surface area contributed by atoms with Crippen molar-refractivity contribution in [1.82, 2.24) is 14.6 Å². The molecule has 0 saturated heterocycles. The zero-order chi connectivity index (χ0) is 14.0. The summed E-state index contributed by atoms with van der Waals surface area (Å²) in [6.07, 6.45) is 1.58. The minimum atomic E-state index is -0.626. The van der Waals surface area contributed by atoms with E-state index in [1.54, 1.807) is 13.3 Å². The Morgan fingerprint density at radius 3 is 2.68 bits per heavy atom. The second-order valence-electron chi connectivity index (χ2n) is 4.49. The fourth-order valence-corrected chi connectivity index (χ4v) is 2.72. The van der Waals surface area contributed by atoms with Crippen molar-refractivity contribution in [3.05, 3.63) is 33.6 Å². The summed E-state index contributed by atoms with van der Waals surface area (Å²) in [4.78, 5) is 5.18. The van der Waals surface area contributed by atoms with Gasteiger partial charge in [-0.2, -0.15) is 0 Å². The van der Waals surface area contributed by atoms with Crippen LogP contribution < -0.4 is 4.74 Å². The van der Waals surface area contributed by atoms with Gasteiger partial charge in [-0.25, -0.2) is 0 Å². The first kappa shape index (κ1) is 13.9. The first-order chi connectivity index (χ1) is 9.04. The molecule has 0 aliphatic rings. The van der Waals surface area contributed by atoms with Crippen LogP contribution in [0.1, 0.15) is 33.5 Å². The Balaban J connectivity index is 2.27. The van der Waals surface area contributed by atoms with Gasteiger partial charge >= 0.3 is 0 Å². The predicted molar refractivity (Wildman–Crippen MR) is 73.6 cm³/mol. The predicted octanol–water partition coefficient (Wildman–Crippen LogP) is 2.14. The number of aromatic nitrogens is 3. The number of hydrogen-bond acceptors (Lipinski definition) is 6. The quantitative estimate of drug-likeness (QED) is 0.928. The molecule has 1 N–H and O–H groups in total. The van der Waals surface area contributed by atoms with Gasteiger partial charge in [-0.1, -0.05) is 4.49 Å². The highest BCUT2D eigenvalue weighted by atomic mass is 32.1. The number of hydrogen-bond donors (Lipinski definition) is 1. The highest BCUT2D eigenvalue weighted by molar-refractivity contribution is 7.05. The summed E-state index contributed by atoms with van der Waals surface area (Å²) < 4.78 is 9.21. The molecule has 0 fully saturated rings. The van der Waals surface area contributed by atoms with Gasteiger partial charge in [-0.15, -0.1) is 5.10 Å². The Morgan fingerprint density at radius 2 is 2.11 bits per heavy atom. The summed E-state index contributed by atoms with van der Waals surface area (Å²) >= 11 is 1.23. The van der Waals surface area contributed by atoms with Gasteiger partial charge < -0.3 is 9.84 Å². The van der Waals surface area contributed by atoms with Crippen molar-refractivity contribution in [2.75, 3.05) is 7.11 Å². The van der Waals surface area contributed by atoms with E-state index < -0.39 is 6.10 Å². The molecule has 5 nitrogen and oxygen atoms in total. The Morgan fingerprint density at radius 1 is 1.37 bits per heavy atom. The van der Waals surface area contributed by atoms with Crippen LogP contribution in [0.25, 0.3) is 0 Å². The molecule has 2 heterocycles. The number of methoxy groups -OCH3 is 1. The van der Waals surface area contributed by atoms with Crippen LogP contribution in [0.2, 0.25) is 0 Å². The molecule has 2 aromatic rings. The summed E-state index contributed by atoms with van der Waals surface area (Å²) in [6.45, 7) is 5.76. The highest BCUT2D eigenvalue weighted by Crippen LogP contribution is 2.28. The van der Waals surface area contributed by atoms with Crippen molar-refractivity contribution in [2.24, 2.45) is 0 Å². The van der Waals surface area contributed by atoms with E-state index in [4.69, 9.17) is 4.74 Å². The molecule has 0 saturated carbocycles. The van der Waals surface area contributed by atoms with Gasteiger partial charge in [0.2, 0.25) is 0 Å². The van der Waals surface area contributed by atoms with Gasteiger partial charge in [-0.3, -0.25) is 4.98 Å². The minimum Gasteiger partial charge on any atom is -0.496 e. The second kappa shape index (κ2) is 5.63. The third-order valence-corrected chi connectivity index (χ3v) is 4.05. The molecule has 2 aromatic heterocycles. The summed E-state index contributed by atoms with van der Waals surface area (Å²) in [6, 6.07) is 0. The minimum absolute atomic E-state index is 0.438. The van der Waals surface area contributed by atoms with Crippen molar-refractivity contribution in [1.29, 1.82) is 0 Å². The zero-order valence-electron chi connectivity index (χ0n) is 11.5. The lowest BCUT2D eigenvalue weighted by Crippen LogP contribution is -2.06. The SMILES string of the molecule is COc1c(C)cnc(CC(O)c2snnc2C)c1C. The molecule has 19 heavy (non-hydrogen) atoms. The summed E-state index contributed by atoms with van der Waals surface area (Å²) in [5.41, 5.74) is 3.57. The van der Waals surface area contributed by atoms with E-state index in [9.17, 15) is 5.11 Å². The first-order valence-corrected chi connectivity index (χ1v) is 6.78. The summed E-state index contributed by atoms with van der Waals surface area (Å²) in [5.74, 6) is 0.830. The van der Waals surface area contributed by atoms with Crippen LogP contribution in [0, 0.1) is 20.8 Å². The molecule has 2 rings (SSSR count). The van der Waals surface area contributed by atoms with Gasteiger partial charge in [0.15, 0.2) is 0 Å². The lowest BCUT2D eigenvalue weighted by Gasteiger charge is -2.14. The van der Waals surface area contributed by atoms with Gasteiger partial charge in [0.25, 0.3) is 0 Å². The van der Waals surface area contributed by atoms with Crippen molar-refractivity contribution in [2.45, 2.75) is 33.3 Å². The maximum atomic E-state index is 10.3. The van der Waals surface area contributed by atoms with E-state index >= 15 is 0 Å². The van der Waals surface area contributed by atoms with Crippen LogP contribution in [-0.2, 0) is 6.42 Å². The molecule has 0 radical (unpaired) electrons. The Bertz CT molecular complexity index is 583. The molecule has 0 aliphatic heterocycles. The Hall–Kier alpha value is -1.53. The normalized spacial score (nSPS) is 12.5. The average molecular weight is 279 g/mol. The fourth-order valence-electron chi connectivity index (χ4n) is 2.10. The van der Waals surface area contributed by atoms with Gasteiger partial charge in [0, 0.05) is 29.4 Å². The van der Waals surface area contributed by atoms with Crippen LogP contribution in [0.15, 0.2) is 6.20 Å². The van der Waals surface area contributed by atoms with E-state index in [1.165, 1.54) is 11.5 Å². The van der Waals surface area contributed by atoms with Gasteiger partial charge in [0.1, 0.15) is 5.75 Å². The van der Waals surface area contributed by atoms with E-state index in [0.29, 0.717) is 6.42 Å². The third kappa shape index (κ3) is 2.74. The fraction of sp³-hybridized carbons (Fsp3) is 0.462. The number of pyridine rings is 1. The van der Waals surface area contributed by atoms with E-state index in [1.807, 2.05) is 20.8 Å². The third-order valence-electron chi connectivity index (χ3n) is 3.13. The van der Waals surface area contributed by atoms with E-state index in [0.717, 1.165) is 33.1 Å². The van der Waals surface area contributed by atoms with Crippen molar-refractivity contribution < 1.29 is 9.84 Å². The smallest absolute Gasteiger partial charge is 0.128 e. The molecule has 0 amide bonds. The lowest BCUT2D eigenvalue weighted by atomic mass is 10.0. The standard InChI is InChI=1S/C13H17N3O2S/c1-7-6-14-10(8(2)12(7)18-4)5-11(17)13-9(3)15-16-19-13/h6,11,17H,5H2,1-4H3. The molecule has 0 aliphatic carbocycles. The number of ether oxygens (including phenoxy) is 1. The first-order valence-electron chi connectivity index (χ1n) is 6.00. The van der Waals surface area contributed by atoms with Crippen LogP contribution in [0.5, 0.6) is 5.75 Å². The van der Waals surface area contributed by atoms with E-state index in [2.05, 4.69) is 14.6 Å². The van der Waals surface area contributed by atoms with Crippen LogP contribution in [-0.4, -0.2) is 26.8 Å². The monoisotopic (exact) mass is 279 g/mol. The van der Waals surface area contributed by atoms with Crippen molar-refractivity contribution in [3.63, 3.8) is 0 Å². The van der Waals surface area contributed by atoms with Crippen molar-refractivity contribution >= 4 is 11.5 Å². The second-order valence-corrected chi connectivity index (χ2v) is 5.27. The number of aliphatic hydroxyl groups is 1. The molecule has 0 spiro atoms. The number of nitrogens with zero attached hydrogens (tertiary/aromatic N) is 3. The van der Waals surface area contributed by atoms with Gasteiger partial charge in [-0.05, 0) is 32.3 Å².